The summed E-state index contributed by atoms with van der Waals surface area (Å²) < 4.78 is 59.8. The fourth-order valence-electron chi connectivity index (χ4n) is 2.22. The summed E-state index contributed by atoms with van der Waals surface area (Å²) in [5.74, 6) is 0.556. The van der Waals surface area contributed by atoms with E-state index in [2.05, 4.69) is 4.72 Å². The first-order valence-electron chi connectivity index (χ1n) is 8.05. The molecule has 0 spiro atoms. The van der Waals surface area contributed by atoms with Crippen LogP contribution in [0.15, 0.2) is 58.3 Å². The molecule has 0 aliphatic rings. The Balaban J connectivity index is 1.90. The highest BCUT2D eigenvalue weighted by molar-refractivity contribution is 7.89. The van der Waals surface area contributed by atoms with E-state index in [4.69, 9.17) is 14.6 Å². The number of hydrogen-bond donors (Lipinski definition) is 2. The van der Waals surface area contributed by atoms with Crippen LogP contribution in [0.5, 0.6) is 5.75 Å². The fourth-order valence-corrected chi connectivity index (χ4v) is 3.76. The summed E-state index contributed by atoms with van der Waals surface area (Å²) in [7, 11) is -5.82. The molecule has 148 valence electrons. The van der Waals surface area contributed by atoms with Gasteiger partial charge in [0.1, 0.15) is 12.4 Å². The van der Waals surface area contributed by atoms with E-state index >= 15 is 0 Å². The van der Waals surface area contributed by atoms with Crippen molar-refractivity contribution in [1.82, 2.24) is 4.72 Å². The maximum absolute atomic E-state index is 12.3. The van der Waals surface area contributed by atoms with Gasteiger partial charge >= 0.3 is 0 Å². The quantitative estimate of drug-likeness (QED) is 0.556. The number of nitrogens with one attached hydrogen (secondary N) is 1. The third-order valence-electron chi connectivity index (χ3n) is 3.65. The average Bonchev–Trinajstić information content (AvgIpc) is 2.62. The van der Waals surface area contributed by atoms with E-state index in [0.29, 0.717) is 25.4 Å². The second kappa shape index (κ2) is 9.29. The lowest BCUT2D eigenvalue weighted by Crippen LogP contribution is -2.26. The van der Waals surface area contributed by atoms with Gasteiger partial charge in [-0.2, -0.15) is 0 Å². The molecule has 2 rings (SSSR count). The van der Waals surface area contributed by atoms with E-state index in [1.807, 2.05) is 0 Å². The van der Waals surface area contributed by atoms with E-state index in [-0.39, 0.29) is 16.3 Å². The summed E-state index contributed by atoms with van der Waals surface area (Å²) in [4.78, 5) is 0.144. The van der Waals surface area contributed by atoms with Gasteiger partial charge in [-0.1, -0.05) is 12.1 Å². The van der Waals surface area contributed by atoms with Crippen LogP contribution in [0.25, 0.3) is 0 Å². The normalized spacial score (nSPS) is 12.1. The zero-order valence-corrected chi connectivity index (χ0v) is 16.4. The zero-order chi connectivity index (χ0) is 19.9. The highest BCUT2D eigenvalue weighted by Crippen LogP contribution is 2.16. The molecule has 2 aromatic rings. The predicted molar refractivity (Wildman–Crippen MR) is 101 cm³/mol. The molecule has 0 aliphatic carbocycles. The number of primary sulfonamides is 1. The highest BCUT2D eigenvalue weighted by atomic mass is 32.2. The van der Waals surface area contributed by atoms with Crippen LogP contribution in [0.4, 0.5) is 0 Å². The molecule has 0 saturated heterocycles. The fraction of sp³-hybridized carbons (Fsp3) is 0.294. The molecule has 3 N–H and O–H groups in total. The monoisotopic (exact) mass is 414 g/mol. The third kappa shape index (κ3) is 6.60. The van der Waals surface area contributed by atoms with Crippen LogP contribution in [0.3, 0.4) is 0 Å². The molecule has 27 heavy (non-hydrogen) atoms. The van der Waals surface area contributed by atoms with Crippen molar-refractivity contribution in [3.05, 3.63) is 54.1 Å². The van der Waals surface area contributed by atoms with Gasteiger partial charge in [-0.05, 0) is 48.4 Å². The lowest BCUT2D eigenvalue weighted by atomic mass is 10.2. The van der Waals surface area contributed by atoms with Crippen molar-refractivity contribution in [2.45, 2.75) is 16.2 Å². The van der Waals surface area contributed by atoms with Crippen molar-refractivity contribution >= 4 is 20.0 Å². The largest absolute Gasteiger partial charge is 0.491 e. The maximum Gasteiger partial charge on any atom is 0.240 e. The Morgan fingerprint density at radius 1 is 0.889 bits per heavy atom. The number of rotatable bonds is 10. The summed E-state index contributed by atoms with van der Waals surface area (Å²) in [6, 6.07) is 12.1. The first-order chi connectivity index (χ1) is 12.7. The summed E-state index contributed by atoms with van der Waals surface area (Å²) in [6.07, 6.45) is 0.405. The lowest BCUT2D eigenvalue weighted by molar-refractivity contribution is 0.146. The smallest absolute Gasteiger partial charge is 0.240 e. The van der Waals surface area contributed by atoms with Crippen LogP contribution >= 0.6 is 0 Å². The number of sulfonamides is 2. The molecule has 0 heterocycles. The molecular weight excluding hydrogens is 392 g/mol. The first-order valence-corrected chi connectivity index (χ1v) is 11.1. The van der Waals surface area contributed by atoms with Crippen LogP contribution in [-0.4, -0.2) is 43.7 Å². The van der Waals surface area contributed by atoms with Crippen molar-refractivity contribution in [2.75, 3.05) is 26.9 Å². The van der Waals surface area contributed by atoms with E-state index in [1.165, 1.54) is 24.3 Å². The Labute approximate surface area is 159 Å². The molecule has 0 fully saturated rings. The molecule has 0 amide bonds. The summed E-state index contributed by atoms with van der Waals surface area (Å²) in [5.41, 5.74) is 0.784. The molecule has 0 saturated carbocycles. The van der Waals surface area contributed by atoms with Crippen molar-refractivity contribution < 1.29 is 26.3 Å². The summed E-state index contributed by atoms with van der Waals surface area (Å²) >= 11 is 0. The van der Waals surface area contributed by atoms with Crippen LogP contribution < -0.4 is 14.6 Å². The Kier molecular flexibility index (Phi) is 7.33. The second-order valence-corrected chi connectivity index (χ2v) is 8.98. The van der Waals surface area contributed by atoms with Gasteiger partial charge in [0.25, 0.3) is 0 Å². The van der Waals surface area contributed by atoms with Crippen molar-refractivity contribution in [3.8, 4) is 5.75 Å². The highest BCUT2D eigenvalue weighted by Gasteiger charge is 2.13. The SMILES string of the molecule is COCCOc1ccc(S(=O)(=O)NCCc2ccc(S(N)(=O)=O)cc2)cc1. The lowest BCUT2D eigenvalue weighted by Gasteiger charge is -2.09. The minimum absolute atomic E-state index is 0.0136. The summed E-state index contributed by atoms with van der Waals surface area (Å²) in [6.45, 7) is 0.994. The van der Waals surface area contributed by atoms with Gasteiger partial charge in [0, 0.05) is 13.7 Å². The molecule has 0 unspecified atom stereocenters. The van der Waals surface area contributed by atoms with Crippen LogP contribution in [0.2, 0.25) is 0 Å². The van der Waals surface area contributed by atoms with Crippen molar-refractivity contribution in [3.63, 3.8) is 0 Å². The number of ether oxygens (including phenoxy) is 2. The van der Waals surface area contributed by atoms with Crippen LogP contribution in [-0.2, 0) is 31.2 Å². The molecule has 0 radical (unpaired) electrons. The maximum atomic E-state index is 12.3. The summed E-state index contributed by atoms with van der Waals surface area (Å²) in [5, 5.41) is 5.04. The number of nitrogens with two attached hydrogens (primary N) is 1. The van der Waals surface area contributed by atoms with Gasteiger partial charge in [0.05, 0.1) is 16.4 Å². The molecule has 8 nitrogen and oxygen atoms in total. The second-order valence-electron chi connectivity index (χ2n) is 5.65. The van der Waals surface area contributed by atoms with E-state index in [1.54, 1.807) is 31.4 Å². The molecular formula is C17H22N2O6S2. The number of benzene rings is 2. The molecule has 10 heteroatoms. The average molecular weight is 415 g/mol. The van der Waals surface area contributed by atoms with Gasteiger partial charge < -0.3 is 9.47 Å². The topological polar surface area (TPSA) is 125 Å². The van der Waals surface area contributed by atoms with Gasteiger partial charge in [0.2, 0.25) is 20.0 Å². The number of methoxy groups -OCH3 is 1. The van der Waals surface area contributed by atoms with Gasteiger partial charge in [0.15, 0.2) is 0 Å². The van der Waals surface area contributed by atoms with Gasteiger partial charge in [-0.3, -0.25) is 0 Å². The van der Waals surface area contributed by atoms with Gasteiger partial charge in [-0.15, -0.1) is 0 Å². The Morgan fingerprint density at radius 2 is 1.48 bits per heavy atom. The van der Waals surface area contributed by atoms with E-state index < -0.39 is 20.0 Å². The van der Waals surface area contributed by atoms with Crippen molar-refractivity contribution in [1.29, 1.82) is 0 Å². The van der Waals surface area contributed by atoms with Crippen LogP contribution in [0.1, 0.15) is 5.56 Å². The standard InChI is InChI=1S/C17H22N2O6S2/c1-24-12-13-25-15-4-8-17(9-5-15)27(22,23)19-11-10-14-2-6-16(7-3-14)26(18,20)21/h2-9,19H,10-13H2,1H3,(H2,18,20,21). The minimum atomic E-state index is -3.74. The molecule has 0 bridgehead atoms. The molecule has 0 aliphatic heterocycles. The van der Waals surface area contributed by atoms with E-state index in [9.17, 15) is 16.8 Å². The minimum Gasteiger partial charge on any atom is -0.491 e. The first kappa shape index (κ1) is 21.3. The predicted octanol–water partition coefficient (Wildman–Crippen LogP) is 0.880. The molecule has 0 aromatic heterocycles. The third-order valence-corrected chi connectivity index (χ3v) is 6.05. The molecule has 0 atom stereocenters. The molecule has 2 aromatic carbocycles. The Morgan fingerprint density at radius 3 is 2.04 bits per heavy atom. The van der Waals surface area contributed by atoms with Crippen molar-refractivity contribution in [2.24, 2.45) is 5.14 Å². The van der Waals surface area contributed by atoms with E-state index in [0.717, 1.165) is 5.56 Å². The number of hydrogen-bond acceptors (Lipinski definition) is 6. The zero-order valence-electron chi connectivity index (χ0n) is 14.8. The van der Waals surface area contributed by atoms with Gasteiger partial charge in [-0.25, -0.2) is 26.7 Å². The Bertz CT molecular complexity index is 940. The van der Waals surface area contributed by atoms with Crippen LogP contribution in [0, 0.1) is 0 Å². The Hall–Kier alpha value is -1.98.